The molecule has 1 aromatic rings. The van der Waals surface area contributed by atoms with Crippen LogP contribution in [0.5, 0.6) is 0 Å². The van der Waals surface area contributed by atoms with Crippen LogP contribution in [0.15, 0.2) is 17.3 Å². The van der Waals surface area contributed by atoms with E-state index in [1.54, 1.807) is 17.3 Å². The highest BCUT2D eigenvalue weighted by molar-refractivity contribution is 5.85. The maximum atomic E-state index is 10.6. The minimum Gasteiger partial charge on any atom is -0.475 e. The predicted molar refractivity (Wildman–Crippen MR) is 49.7 cm³/mol. The Bertz CT molecular complexity index is 391. The molecule has 6 heteroatoms. The summed E-state index contributed by atoms with van der Waals surface area (Å²) in [6.45, 7) is 1.45. The molecule has 0 saturated carbocycles. The normalized spacial score (nSPS) is 14.7. The lowest BCUT2D eigenvalue weighted by Crippen LogP contribution is -2.20. The molecule has 14 heavy (non-hydrogen) atoms. The van der Waals surface area contributed by atoms with E-state index in [4.69, 9.17) is 5.11 Å². The number of carboxylic acids is 1. The number of aromatic nitrogens is 2. The number of aliphatic imine (C=N–C) groups is 1. The molecule has 2 rings (SSSR count). The fourth-order valence-electron chi connectivity index (χ4n) is 1.17. The number of aromatic carboxylic acids is 1. The van der Waals surface area contributed by atoms with Crippen LogP contribution in [-0.4, -0.2) is 40.5 Å². The van der Waals surface area contributed by atoms with Crippen molar-refractivity contribution in [2.75, 3.05) is 18.0 Å². The molecule has 2 heterocycles. The summed E-state index contributed by atoms with van der Waals surface area (Å²) in [5.74, 6) is -0.746. The average molecular weight is 192 g/mol. The summed E-state index contributed by atoms with van der Waals surface area (Å²) in [6, 6.07) is 1.66. The summed E-state index contributed by atoms with van der Waals surface area (Å²) >= 11 is 0. The van der Waals surface area contributed by atoms with Gasteiger partial charge < -0.3 is 10.0 Å². The fraction of sp³-hybridized carbons (Fsp3) is 0.250. The second-order valence-electron chi connectivity index (χ2n) is 2.76. The predicted octanol–water partition coefficient (Wildman–Crippen LogP) is 0.0231. The number of rotatable bonds is 2. The van der Waals surface area contributed by atoms with Crippen molar-refractivity contribution in [3.8, 4) is 0 Å². The molecule has 0 saturated heterocycles. The molecule has 0 unspecified atom stereocenters. The molecule has 0 amide bonds. The van der Waals surface area contributed by atoms with E-state index in [0.717, 1.165) is 6.54 Å². The van der Waals surface area contributed by atoms with E-state index < -0.39 is 5.97 Å². The summed E-state index contributed by atoms with van der Waals surface area (Å²) in [6.07, 6.45) is 3.08. The molecule has 6 nitrogen and oxygen atoms in total. The first-order valence-corrected chi connectivity index (χ1v) is 4.10. The zero-order valence-electron chi connectivity index (χ0n) is 7.29. The van der Waals surface area contributed by atoms with E-state index in [1.165, 1.54) is 6.20 Å². The molecule has 0 radical (unpaired) electrons. The van der Waals surface area contributed by atoms with Gasteiger partial charge >= 0.3 is 5.97 Å². The molecule has 0 bridgehead atoms. The lowest BCUT2D eigenvalue weighted by molar-refractivity contribution is 0.0683. The van der Waals surface area contributed by atoms with Crippen molar-refractivity contribution in [3.63, 3.8) is 0 Å². The monoisotopic (exact) mass is 192 g/mol. The molecule has 0 aromatic carbocycles. The third-order valence-corrected chi connectivity index (χ3v) is 1.82. The summed E-state index contributed by atoms with van der Waals surface area (Å²) in [4.78, 5) is 23.9. The van der Waals surface area contributed by atoms with Gasteiger partial charge in [0, 0.05) is 12.7 Å². The van der Waals surface area contributed by atoms with Gasteiger partial charge in [0.1, 0.15) is 5.82 Å². The zero-order chi connectivity index (χ0) is 9.97. The quantitative estimate of drug-likeness (QED) is 0.714. The van der Waals surface area contributed by atoms with Gasteiger partial charge in [-0.15, -0.1) is 0 Å². The largest absolute Gasteiger partial charge is 0.475 e. The maximum Gasteiger partial charge on any atom is 0.374 e. The summed E-state index contributed by atoms with van der Waals surface area (Å²) < 4.78 is 0. The highest BCUT2D eigenvalue weighted by atomic mass is 16.4. The Morgan fingerprint density at radius 2 is 2.43 bits per heavy atom. The molecular formula is C8H8N4O2. The minimum absolute atomic E-state index is 0.192. The molecule has 1 N–H and O–H groups in total. The molecule has 1 aliphatic heterocycles. The molecular weight excluding hydrogens is 184 g/mol. The lowest BCUT2D eigenvalue weighted by Gasteiger charge is -2.11. The van der Waals surface area contributed by atoms with E-state index in [0.29, 0.717) is 12.4 Å². The summed E-state index contributed by atoms with van der Waals surface area (Å²) in [5, 5.41) is 8.67. The van der Waals surface area contributed by atoms with Gasteiger partial charge in [-0.1, -0.05) is 0 Å². The molecule has 0 spiro atoms. The minimum atomic E-state index is -1.12. The average Bonchev–Trinajstić information content (AvgIpc) is 2.71. The van der Waals surface area contributed by atoms with Gasteiger partial charge in [0.05, 0.1) is 12.9 Å². The van der Waals surface area contributed by atoms with Crippen LogP contribution < -0.4 is 4.90 Å². The van der Waals surface area contributed by atoms with E-state index in [1.807, 2.05) is 0 Å². The van der Waals surface area contributed by atoms with Crippen molar-refractivity contribution in [1.82, 2.24) is 9.97 Å². The number of hydrogen-bond acceptors (Lipinski definition) is 5. The van der Waals surface area contributed by atoms with Crippen molar-refractivity contribution in [2.45, 2.75) is 0 Å². The van der Waals surface area contributed by atoms with Crippen molar-refractivity contribution in [3.05, 3.63) is 18.1 Å². The van der Waals surface area contributed by atoms with Gasteiger partial charge in [0.15, 0.2) is 0 Å². The molecule has 1 aromatic heterocycles. The van der Waals surface area contributed by atoms with E-state index in [9.17, 15) is 4.79 Å². The van der Waals surface area contributed by atoms with Gasteiger partial charge in [-0.3, -0.25) is 4.99 Å². The molecule has 1 aliphatic rings. The second-order valence-corrected chi connectivity index (χ2v) is 2.76. The van der Waals surface area contributed by atoms with E-state index >= 15 is 0 Å². The topological polar surface area (TPSA) is 78.7 Å². The van der Waals surface area contributed by atoms with Crippen LogP contribution in [0.3, 0.4) is 0 Å². The number of nitrogens with zero attached hydrogens (tertiary/aromatic N) is 4. The Hall–Kier alpha value is -1.98. The van der Waals surface area contributed by atoms with Crippen LogP contribution in [0.1, 0.15) is 10.6 Å². The molecule has 0 fully saturated rings. The number of hydrogen-bond donors (Lipinski definition) is 1. The third kappa shape index (κ3) is 1.54. The summed E-state index contributed by atoms with van der Waals surface area (Å²) in [7, 11) is 0. The first-order valence-electron chi connectivity index (χ1n) is 4.10. The van der Waals surface area contributed by atoms with Crippen LogP contribution in [0.4, 0.5) is 5.82 Å². The van der Waals surface area contributed by atoms with E-state index in [-0.39, 0.29) is 5.82 Å². The highest BCUT2D eigenvalue weighted by Crippen LogP contribution is 2.10. The highest BCUT2D eigenvalue weighted by Gasteiger charge is 2.12. The fourth-order valence-corrected chi connectivity index (χ4v) is 1.17. The summed E-state index contributed by atoms with van der Waals surface area (Å²) in [5.41, 5.74) is 0. The maximum absolute atomic E-state index is 10.6. The van der Waals surface area contributed by atoms with Crippen molar-refractivity contribution < 1.29 is 9.90 Å². The first-order chi connectivity index (χ1) is 6.77. The Morgan fingerprint density at radius 1 is 1.57 bits per heavy atom. The Labute approximate surface area is 79.9 Å². The van der Waals surface area contributed by atoms with Gasteiger partial charge in [0.2, 0.25) is 5.82 Å². The number of anilines is 1. The molecule has 0 aliphatic carbocycles. The van der Waals surface area contributed by atoms with Gasteiger partial charge in [0.25, 0.3) is 0 Å². The smallest absolute Gasteiger partial charge is 0.374 e. The molecule has 72 valence electrons. The van der Waals surface area contributed by atoms with Crippen LogP contribution >= 0.6 is 0 Å². The van der Waals surface area contributed by atoms with Crippen molar-refractivity contribution in [1.29, 1.82) is 0 Å². The zero-order valence-corrected chi connectivity index (χ0v) is 7.29. The van der Waals surface area contributed by atoms with Gasteiger partial charge in [-0.05, 0) is 6.07 Å². The van der Waals surface area contributed by atoms with Crippen LogP contribution in [0, 0.1) is 0 Å². The van der Waals surface area contributed by atoms with E-state index in [2.05, 4.69) is 15.0 Å². The first kappa shape index (κ1) is 8.61. The van der Waals surface area contributed by atoms with Crippen LogP contribution in [0.25, 0.3) is 0 Å². The number of carboxylic acid groups (broad SMARTS) is 1. The SMILES string of the molecule is O=C(O)c1nccc(N2C=NCC2)n1. The Balaban J connectivity index is 2.30. The van der Waals surface area contributed by atoms with Crippen molar-refractivity contribution in [2.24, 2.45) is 4.99 Å². The van der Waals surface area contributed by atoms with Crippen LogP contribution in [0.2, 0.25) is 0 Å². The van der Waals surface area contributed by atoms with Crippen LogP contribution in [-0.2, 0) is 0 Å². The van der Waals surface area contributed by atoms with Gasteiger partial charge in [-0.2, -0.15) is 0 Å². The molecule has 0 atom stereocenters. The Morgan fingerprint density at radius 3 is 3.07 bits per heavy atom. The standard InChI is InChI=1S/C8H8N4O2/c13-8(14)7-10-2-1-6(11-7)12-4-3-9-5-12/h1-2,5H,3-4H2,(H,13,14). The number of carbonyl (C=O) groups is 1. The van der Waals surface area contributed by atoms with Gasteiger partial charge in [-0.25, -0.2) is 14.8 Å². The lowest BCUT2D eigenvalue weighted by atomic mass is 10.5. The third-order valence-electron chi connectivity index (χ3n) is 1.82. The second kappa shape index (κ2) is 3.41. The Kier molecular flexibility index (Phi) is 2.10. The van der Waals surface area contributed by atoms with Crippen molar-refractivity contribution >= 4 is 18.1 Å².